The number of carbonyl (C=O) groups excluding carboxylic acids is 2. The van der Waals surface area contributed by atoms with Gasteiger partial charge in [0.25, 0.3) is 5.91 Å². The summed E-state index contributed by atoms with van der Waals surface area (Å²) in [5.41, 5.74) is 0.255. The van der Waals surface area contributed by atoms with Gasteiger partial charge in [-0.05, 0) is 31.2 Å². The number of halogens is 3. The van der Waals surface area contributed by atoms with Gasteiger partial charge < -0.3 is 10.6 Å². The molecule has 30 heavy (non-hydrogen) atoms. The third-order valence-corrected chi connectivity index (χ3v) is 4.44. The zero-order valence-electron chi connectivity index (χ0n) is 16.0. The second-order valence-electron chi connectivity index (χ2n) is 6.69. The van der Waals surface area contributed by atoms with E-state index < -0.39 is 29.6 Å². The second kappa shape index (κ2) is 8.82. The lowest BCUT2D eigenvalue weighted by Crippen LogP contribution is -2.46. The molecule has 7 heteroatoms. The molecule has 1 atom stereocenters. The monoisotopic (exact) mass is 412 g/mol. The number of anilines is 1. The van der Waals surface area contributed by atoms with Crippen molar-refractivity contribution in [3.63, 3.8) is 0 Å². The molecule has 4 nitrogen and oxygen atoms in total. The predicted molar refractivity (Wildman–Crippen MR) is 108 cm³/mol. The van der Waals surface area contributed by atoms with Gasteiger partial charge in [0.05, 0.1) is 5.56 Å². The van der Waals surface area contributed by atoms with E-state index in [-0.39, 0.29) is 16.8 Å². The molecule has 0 aliphatic heterocycles. The molecule has 0 aliphatic rings. The van der Waals surface area contributed by atoms with Crippen LogP contribution >= 0.6 is 0 Å². The highest BCUT2D eigenvalue weighted by atomic mass is 19.4. The fraction of sp³-hybridized carbons (Fsp3) is 0.130. The van der Waals surface area contributed by atoms with Gasteiger partial charge in [-0.1, -0.05) is 60.2 Å². The largest absolute Gasteiger partial charge is 0.418 e. The summed E-state index contributed by atoms with van der Waals surface area (Å²) in [6.45, 7) is 1.86. The molecule has 0 saturated heterocycles. The molecule has 3 rings (SSSR count). The summed E-state index contributed by atoms with van der Waals surface area (Å²) in [6, 6.07) is 19.5. The molecule has 0 fully saturated rings. The number of carbonyl (C=O) groups is 2. The van der Waals surface area contributed by atoms with Crippen LogP contribution in [0, 0.1) is 6.92 Å². The number of para-hydroxylation sites is 1. The van der Waals surface area contributed by atoms with E-state index in [1.54, 1.807) is 42.5 Å². The summed E-state index contributed by atoms with van der Waals surface area (Å²) < 4.78 is 40.1. The van der Waals surface area contributed by atoms with Gasteiger partial charge >= 0.3 is 6.18 Å². The molecule has 0 spiro atoms. The van der Waals surface area contributed by atoms with Crippen LogP contribution in [0.1, 0.15) is 31.8 Å². The molecule has 0 saturated carbocycles. The molecule has 154 valence electrons. The summed E-state index contributed by atoms with van der Waals surface area (Å²) in [6.07, 6.45) is -6.02. The van der Waals surface area contributed by atoms with Crippen LogP contribution in [0.15, 0.2) is 78.9 Å². The molecule has 0 aliphatic carbocycles. The van der Waals surface area contributed by atoms with Gasteiger partial charge in [0.1, 0.15) is 0 Å². The summed E-state index contributed by atoms with van der Waals surface area (Å²) in [4.78, 5) is 25.6. The van der Waals surface area contributed by atoms with Gasteiger partial charge in [-0.2, -0.15) is 13.2 Å². The smallest absolute Gasteiger partial charge is 0.358 e. The van der Waals surface area contributed by atoms with E-state index in [1.165, 1.54) is 30.3 Å². The first-order valence-corrected chi connectivity index (χ1v) is 9.15. The zero-order valence-corrected chi connectivity index (χ0v) is 16.0. The third kappa shape index (κ3) is 5.05. The minimum atomic E-state index is -4.62. The Morgan fingerprint density at radius 1 is 0.800 bits per heavy atom. The maximum atomic E-state index is 13.4. The fourth-order valence-corrected chi connectivity index (χ4v) is 2.87. The molecule has 0 heterocycles. The standard InChI is InChI=1S/C23H19F3N2O2/c1-15-11-13-17(14-12-15)22(30)28-21(20(29)16-7-3-2-4-8-16)27-19-10-6-5-9-18(19)23(24,25)26/h2-14,21,27H,1H3,(H,28,30)/t21-/m0/s1. The van der Waals surface area contributed by atoms with Crippen LogP contribution in [-0.2, 0) is 6.18 Å². The van der Waals surface area contributed by atoms with Crippen molar-refractivity contribution in [2.24, 2.45) is 0 Å². The van der Waals surface area contributed by atoms with Gasteiger partial charge in [0, 0.05) is 16.8 Å². The Labute approximate surface area is 171 Å². The summed E-state index contributed by atoms with van der Waals surface area (Å²) >= 11 is 0. The van der Waals surface area contributed by atoms with Gasteiger partial charge in [-0.25, -0.2) is 0 Å². The Kier molecular flexibility index (Phi) is 6.20. The Morgan fingerprint density at radius 2 is 1.40 bits per heavy atom. The van der Waals surface area contributed by atoms with E-state index in [1.807, 2.05) is 6.92 Å². The van der Waals surface area contributed by atoms with Crippen molar-refractivity contribution in [1.82, 2.24) is 5.32 Å². The van der Waals surface area contributed by atoms with Crippen LogP contribution in [0.2, 0.25) is 0 Å². The number of ketones is 1. The SMILES string of the molecule is Cc1ccc(C(=O)N[C@H](Nc2ccccc2C(F)(F)F)C(=O)c2ccccc2)cc1. The highest BCUT2D eigenvalue weighted by Crippen LogP contribution is 2.34. The first-order chi connectivity index (χ1) is 14.3. The minimum absolute atomic E-state index is 0.253. The van der Waals surface area contributed by atoms with Gasteiger partial charge in [0.2, 0.25) is 5.78 Å². The number of aryl methyl sites for hydroxylation is 1. The molecule has 3 aromatic rings. The Bertz CT molecular complexity index is 1030. The normalized spacial score (nSPS) is 12.1. The number of hydrogen-bond acceptors (Lipinski definition) is 3. The van der Waals surface area contributed by atoms with Gasteiger partial charge in [-0.3, -0.25) is 9.59 Å². The number of rotatable bonds is 6. The number of alkyl halides is 3. The highest BCUT2D eigenvalue weighted by molar-refractivity contribution is 6.05. The summed E-state index contributed by atoms with van der Waals surface area (Å²) in [7, 11) is 0. The zero-order chi connectivity index (χ0) is 21.7. The van der Waals surface area contributed by atoms with Crippen molar-refractivity contribution in [2.75, 3.05) is 5.32 Å². The third-order valence-electron chi connectivity index (χ3n) is 4.44. The summed E-state index contributed by atoms with van der Waals surface area (Å²) in [5.74, 6) is -1.14. The maximum Gasteiger partial charge on any atom is 0.418 e. The molecule has 3 aromatic carbocycles. The van der Waals surface area contributed by atoms with Crippen LogP contribution in [-0.4, -0.2) is 17.9 Å². The molecular weight excluding hydrogens is 393 g/mol. The Morgan fingerprint density at radius 3 is 2.03 bits per heavy atom. The van der Waals surface area contributed by atoms with Crippen LogP contribution in [0.5, 0.6) is 0 Å². The average molecular weight is 412 g/mol. The molecule has 0 aromatic heterocycles. The van der Waals surface area contributed by atoms with Crippen molar-refractivity contribution in [2.45, 2.75) is 19.3 Å². The Balaban J connectivity index is 1.93. The van der Waals surface area contributed by atoms with E-state index in [9.17, 15) is 22.8 Å². The van der Waals surface area contributed by atoms with Crippen molar-refractivity contribution < 1.29 is 22.8 Å². The molecule has 0 unspecified atom stereocenters. The van der Waals surface area contributed by atoms with Crippen LogP contribution in [0.4, 0.5) is 18.9 Å². The minimum Gasteiger partial charge on any atom is -0.358 e. The first-order valence-electron chi connectivity index (χ1n) is 9.15. The van der Waals surface area contributed by atoms with E-state index in [2.05, 4.69) is 10.6 Å². The Hall–Kier alpha value is -3.61. The lowest BCUT2D eigenvalue weighted by molar-refractivity contribution is -0.137. The van der Waals surface area contributed by atoms with E-state index in [0.717, 1.165) is 11.6 Å². The van der Waals surface area contributed by atoms with Gasteiger partial charge in [0.15, 0.2) is 6.17 Å². The number of benzene rings is 3. The van der Waals surface area contributed by atoms with Crippen LogP contribution < -0.4 is 10.6 Å². The second-order valence-corrected chi connectivity index (χ2v) is 6.69. The van der Waals surface area contributed by atoms with Crippen LogP contribution in [0.25, 0.3) is 0 Å². The molecular formula is C23H19F3N2O2. The molecule has 0 bridgehead atoms. The maximum absolute atomic E-state index is 13.4. The number of amides is 1. The fourth-order valence-electron chi connectivity index (χ4n) is 2.87. The van der Waals surface area contributed by atoms with Gasteiger partial charge in [-0.15, -0.1) is 0 Å². The molecule has 0 radical (unpaired) electrons. The molecule has 1 amide bonds. The average Bonchev–Trinajstić information content (AvgIpc) is 2.73. The number of hydrogen-bond donors (Lipinski definition) is 2. The highest BCUT2D eigenvalue weighted by Gasteiger charge is 2.34. The number of Topliss-reactive ketones (excluding diaryl/α,β-unsaturated/α-hetero) is 1. The first kappa shape index (κ1) is 21.1. The lowest BCUT2D eigenvalue weighted by Gasteiger charge is -2.23. The quantitative estimate of drug-likeness (QED) is 0.439. The predicted octanol–water partition coefficient (Wildman–Crippen LogP) is 5.06. The van der Waals surface area contributed by atoms with Crippen molar-refractivity contribution in [3.8, 4) is 0 Å². The van der Waals surface area contributed by atoms with Crippen molar-refractivity contribution >= 4 is 17.4 Å². The molecule has 2 N–H and O–H groups in total. The van der Waals surface area contributed by atoms with Crippen molar-refractivity contribution in [1.29, 1.82) is 0 Å². The van der Waals surface area contributed by atoms with Crippen LogP contribution in [0.3, 0.4) is 0 Å². The van der Waals surface area contributed by atoms with E-state index in [4.69, 9.17) is 0 Å². The number of nitrogens with one attached hydrogen (secondary N) is 2. The van der Waals surface area contributed by atoms with E-state index in [0.29, 0.717) is 0 Å². The van der Waals surface area contributed by atoms with E-state index >= 15 is 0 Å². The summed E-state index contributed by atoms with van der Waals surface area (Å²) in [5, 5.41) is 5.07. The topological polar surface area (TPSA) is 58.2 Å². The van der Waals surface area contributed by atoms with Crippen molar-refractivity contribution in [3.05, 3.63) is 101 Å². The lowest BCUT2D eigenvalue weighted by atomic mass is 10.1.